The van der Waals surface area contributed by atoms with Gasteiger partial charge in [-0.2, -0.15) is 0 Å². The standard InChI is InChI=1S/C22H24ClN3O4/c23-20-5-4-18(26(28)29)13-19(20)22(27)24-17-3-6-21-16(12-17)2-1-9-25(21)14-15-7-10-30-11-8-15/h3-6,12-13,15H,1-2,7-11,14H2,(H,24,27). The number of nitro groups is 1. The number of carbonyl (C=O) groups is 1. The van der Waals surface area contributed by atoms with E-state index in [1.54, 1.807) is 0 Å². The zero-order valence-corrected chi connectivity index (χ0v) is 17.4. The van der Waals surface area contributed by atoms with Crippen molar-refractivity contribution < 1.29 is 14.5 Å². The van der Waals surface area contributed by atoms with E-state index < -0.39 is 10.8 Å². The second-order valence-corrected chi connectivity index (χ2v) is 8.23. The molecule has 1 fully saturated rings. The number of hydrogen-bond acceptors (Lipinski definition) is 5. The fourth-order valence-electron chi connectivity index (χ4n) is 4.18. The highest BCUT2D eigenvalue weighted by atomic mass is 35.5. The lowest BCUT2D eigenvalue weighted by Gasteiger charge is -2.35. The van der Waals surface area contributed by atoms with Gasteiger partial charge in [0.25, 0.3) is 11.6 Å². The van der Waals surface area contributed by atoms with Crippen LogP contribution in [0.1, 0.15) is 35.2 Å². The molecule has 8 heteroatoms. The van der Waals surface area contributed by atoms with Gasteiger partial charge in [-0.15, -0.1) is 0 Å². The SMILES string of the molecule is O=C(Nc1ccc2c(c1)CCCN2CC1CCOCC1)c1cc([N+](=O)[O-])ccc1Cl. The molecule has 0 aliphatic carbocycles. The van der Waals surface area contributed by atoms with E-state index in [-0.39, 0.29) is 16.3 Å². The maximum atomic E-state index is 12.7. The van der Waals surface area contributed by atoms with Gasteiger partial charge >= 0.3 is 0 Å². The first-order valence-corrected chi connectivity index (χ1v) is 10.6. The Labute approximate surface area is 180 Å². The van der Waals surface area contributed by atoms with E-state index in [1.807, 2.05) is 12.1 Å². The second-order valence-electron chi connectivity index (χ2n) is 7.82. The van der Waals surface area contributed by atoms with Crippen LogP contribution in [0.2, 0.25) is 5.02 Å². The zero-order chi connectivity index (χ0) is 21.1. The summed E-state index contributed by atoms with van der Waals surface area (Å²) in [4.78, 5) is 25.6. The molecule has 2 aliphatic heterocycles. The molecule has 0 radical (unpaired) electrons. The molecule has 0 atom stereocenters. The highest BCUT2D eigenvalue weighted by Crippen LogP contribution is 2.32. The van der Waals surface area contributed by atoms with Gasteiger partial charge in [0, 0.05) is 49.8 Å². The summed E-state index contributed by atoms with van der Waals surface area (Å²) in [5, 5.41) is 14.0. The number of halogens is 1. The van der Waals surface area contributed by atoms with Gasteiger partial charge in [0.05, 0.1) is 15.5 Å². The molecule has 2 aliphatic rings. The molecule has 1 N–H and O–H groups in total. The minimum absolute atomic E-state index is 0.0877. The lowest BCUT2D eigenvalue weighted by Crippen LogP contribution is -2.36. The lowest BCUT2D eigenvalue weighted by molar-refractivity contribution is -0.384. The number of nitrogens with one attached hydrogen (secondary N) is 1. The number of fused-ring (bicyclic) bond motifs is 1. The predicted octanol–water partition coefficient (Wildman–Crippen LogP) is 4.68. The number of nitro benzene ring substituents is 1. The first kappa shape index (κ1) is 20.6. The average Bonchev–Trinajstić information content (AvgIpc) is 2.74. The monoisotopic (exact) mass is 429 g/mol. The Balaban J connectivity index is 1.49. The van der Waals surface area contributed by atoms with E-state index in [4.69, 9.17) is 16.3 Å². The molecule has 1 saturated heterocycles. The van der Waals surface area contributed by atoms with Crippen molar-refractivity contribution in [2.45, 2.75) is 25.7 Å². The fraction of sp³-hybridized carbons (Fsp3) is 0.409. The van der Waals surface area contributed by atoms with Crippen molar-refractivity contribution >= 4 is 34.6 Å². The van der Waals surface area contributed by atoms with Crippen molar-refractivity contribution in [2.75, 3.05) is 36.5 Å². The molecule has 0 bridgehead atoms. The molecule has 1 amide bonds. The van der Waals surface area contributed by atoms with Crippen molar-refractivity contribution in [1.82, 2.24) is 0 Å². The van der Waals surface area contributed by atoms with Crippen LogP contribution in [0, 0.1) is 16.0 Å². The first-order valence-electron chi connectivity index (χ1n) is 10.2. The summed E-state index contributed by atoms with van der Waals surface area (Å²) in [5.41, 5.74) is 3.01. The molecule has 0 aromatic heterocycles. The van der Waals surface area contributed by atoms with Gasteiger partial charge in [0.2, 0.25) is 0 Å². The third-order valence-corrected chi connectivity index (χ3v) is 6.11. The summed E-state index contributed by atoms with van der Waals surface area (Å²) in [6.45, 7) is 3.76. The Morgan fingerprint density at radius 2 is 2.03 bits per heavy atom. The van der Waals surface area contributed by atoms with Gasteiger partial charge in [0.15, 0.2) is 0 Å². The number of aryl methyl sites for hydroxylation is 1. The molecule has 2 heterocycles. The molecule has 0 unspecified atom stereocenters. The highest BCUT2D eigenvalue weighted by molar-refractivity contribution is 6.34. The van der Waals surface area contributed by atoms with Crippen molar-refractivity contribution in [3.8, 4) is 0 Å². The maximum absolute atomic E-state index is 12.7. The Hall–Kier alpha value is -2.64. The number of carbonyl (C=O) groups excluding carboxylic acids is 1. The summed E-state index contributed by atoms with van der Waals surface area (Å²) in [7, 11) is 0. The first-order chi connectivity index (χ1) is 14.5. The van der Waals surface area contributed by atoms with Crippen LogP contribution in [-0.2, 0) is 11.2 Å². The Kier molecular flexibility index (Phi) is 6.20. The smallest absolute Gasteiger partial charge is 0.270 e. The van der Waals surface area contributed by atoms with Crippen molar-refractivity contribution in [3.63, 3.8) is 0 Å². The maximum Gasteiger partial charge on any atom is 0.270 e. The van der Waals surface area contributed by atoms with Crippen LogP contribution in [0.3, 0.4) is 0 Å². The minimum Gasteiger partial charge on any atom is -0.381 e. The molecule has 0 saturated carbocycles. The van der Waals surface area contributed by atoms with Crippen LogP contribution >= 0.6 is 11.6 Å². The van der Waals surface area contributed by atoms with Gasteiger partial charge < -0.3 is 15.0 Å². The van der Waals surface area contributed by atoms with Gasteiger partial charge in [-0.05, 0) is 61.4 Å². The van der Waals surface area contributed by atoms with E-state index in [2.05, 4.69) is 16.3 Å². The molecule has 158 valence electrons. The quantitative estimate of drug-likeness (QED) is 0.551. The number of rotatable bonds is 5. The number of hydrogen-bond donors (Lipinski definition) is 1. The number of ether oxygens (including phenoxy) is 1. The number of benzene rings is 2. The molecule has 0 spiro atoms. The summed E-state index contributed by atoms with van der Waals surface area (Å²) in [5.74, 6) is 0.193. The zero-order valence-electron chi connectivity index (χ0n) is 16.6. The van der Waals surface area contributed by atoms with E-state index in [9.17, 15) is 14.9 Å². The summed E-state index contributed by atoms with van der Waals surface area (Å²) < 4.78 is 5.47. The molecule has 2 aromatic carbocycles. The minimum atomic E-state index is -0.543. The largest absolute Gasteiger partial charge is 0.381 e. The van der Waals surface area contributed by atoms with E-state index in [1.165, 1.54) is 29.4 Å². The fourth-order valence-corrected chi connectivity index (χ4v) is 4.39. The topological polar surface area (TPSA) is 84.7 Å². The van der Waals surface area contributed by atoms with Crippen LogP contribution in [0.15, 0.2) is 36.4 Å². The molecule has 7 nitrogen and oxygen atoms in total. The number of amides is 1. The Morgan fingerprint density at radius 3 is 2.80 bits per heavy atom. The average molecular weight is 430 g/mol. The van der Waals surface area contributed by atoms with Gasteiger partial charge in [-0.1, -0.05) is 11.6 Å². The summed E-state index contributed by atoms with van der Waals surface area (Å²) in [6, 6.07) is 9.78. The van der Waals surface area contributed by atoms with Crippen molar-refractivity contribution in [3.05, 3.63) is 62.7 Å². The molecular formula is C22H24ClN3O4. The second kappa shape index (κ2) is 9.02. The predicted molar refractivity (Wildman–Crippen MR) is 117 cm³/mol. The van der Waals surface area contributed by atoms with Crippen LogP contribution in [0.25, 0.3) is 0 Å². The highest BCUT2D eigenvalue weighted by Gasteiger charge is 2.23. The van der Waals surface area contributed by atoms with E-state index in [0.29, 0.717) is 11.6 Å². The van der Waals surface area contributed by atoms with Crippen molar-refractivity contribution in [2.24, 2.45) is 5.92 Å². The Bertz CT molecular complexity index is 959. The molecule has 30 heavy (non-hydrogen) atoms. The van der Waals surface area contributed by atoms with Crippen LogP contribution in [0.5, 0.6) is 0 Å². The molecule has 4 rings (SSSR count). The normalized spacial score (nSPS) is 16.8. The molecule has 2 aromatic rings. The Morgan fingerprint density at radius 1 is 1.23 bits per heavy atom. The van der Waals surface area contributed by atoms with Crippen LogP contribution < -0.4 is 10.2 Å². The van der Waals surface area contributed by atoms with E-state index >= 15 is 0 Å². The summed E-state index contributed by atoms with van der Waals surface area (Å²) >= 11 is 6.09. The van der Waals surface area contributed by atoms with Gasteiger partial charge in [-0.3, -0.25) is 14.9 Å². The van der Waals surface area contributed by atoms with Crippen molar-refractivity contribution in [1.29, 1.82) is 0 Å². The number of nitrogens with zero attached hydrogens (tertiary/aromatic N) is 2. The number of non-ortho nitro benzene ring substituents is 1. The third-order valence-electron chi connectivity index (χ3n) is 5.78. The van der Waals surface area contributed by atoms with Crippen LogP contribution in [-0.4, -0.2) is 37.1 Å². The van der Waals surface area contributed by atoms with Gasteiger partial charge in [-0.25, -0.2) is 0 Å². The number of anilines is 2. The molecular weight excluding hydrogens is 406 g/mol. The van der Waals surface area contributed by atoms with Gasteiger partial charge in [0.1, 0.15) is 0 Å². The summed E-state index contributed by atoms with van der Waals surface area (Å²) in [6.07, 6.45) is 4.24. The van der Waals surface area contributed by atoms with Crippen LogP contribution in [0.4, 0.5) is 17.1 Å². The lowest BCUT2D eigenvalue weighted by atomic mass is 9.96. The van der Waals surface area contributed by atoms with E-state index in [0.717, 1.165) is 52.0 Å². The third kappa shape index (κ3) is 4.57.